The summed E-state index contributed by atoms with van der Waals surface area (Å²) >= 11 is 0. The molecule has 0 spiro atoms. The summed E-state index contributed by atoms with van der Waals surface area (Å²) in [6.07, 6.45) is 0. The number of hydrogen-bond acceptors (Lipinski definition) is 5. The average molecular weight is 337 g/mol. The van der Waals surface area contributed by atoms with Crippen LogP contribution in [0.15, 0.2) is 36.4 Å². The van der Waals surface area contributed by atoms with Crippen molar-refractivity contribution < 1.29 is 9.90 Å². The van der Waals surface area contributed by atoms with Crippen LogP contribution in [-0.2, 0) is 11.4 Å². The van der Waals surface area contributed by atoms with Crippen molar-refractivity contribution in [2.24, 2.45) is 0 Å². The molecule has 0 fully saturated rings. The summed E-state index contributed by atoms with van der Waals surface area (Å²) in [4.78, 5) is 20.4. The number of anilines is 1. The van der Waals surface area contributed by atoms with Crippen molar-refractivity contribution in [1.29, 1.82) is 0 Å². The largest absolute Gasteiger partial charge is 0.392 e. The Kier molecular flexibility index (Phi) is 4.58. The summed E-state index contributed by atoms with van der Waals surface area (Å²) < 4.78 is 1.64. The van der Waals surface area contributed by atoms with Gasteiger partial charge in [0.15, 0.2) is 0 Å². The van der Waals surface area contributed by atoms with Gasteiger partial charge in [-0.3, -0.25) is 4.79 Å². The molecule has 1 amide bonds. The first-order valence-corrected chi connectivity index (χ1v) is 7.87. The van der Waals surface area contributed by atoms with E-state index in [4.69, 9.17) is 0 Å². The molecule has 0 saturated carbocycles. The molecule has 0 atom stereocenters. The molecule has 7 nitrogen and oxygen atoms in total. The second-order valence-electron chi connectivity index (χ2n) is 5.82. The second kappa shape index (κ2) is 6.82. The third-order valence-corrected chi connectivity index (χ3v) is 3.62. The van der Waals surface area contributed by atoms with Gasteiger partial charge in [0, 0.05) is 24.2 Å². The zero-order valence-electron chi connectivity index (χ0n) is 14.3. The van der Waals surface area contributed by atoms with E-state index < -0.39 is 0 Å². The lowest BCUT2D eigenvalue weighted by molar-refractivity contribution is -0.114. The Morgan fingerprint density at radius 1 is 1.20 bits per heavy atom. The van der Waals surface area contributed by atoms with E-state index in [9.17, 15) is 9.90 Å². The maximum absolute atomic E-state index is 11.5. The van der Waals surface area contributed by atoms with Crippen molar-refractivity contribution in [2.75, 3.05) is 5.32 Å². The van der Waals surface area contributed by atoms with Gasteiger partial charge in [-0.1, -0.05) is 18.2 Å². The Balaban J connectivity index is 2.15. The van der Waals surface area contributed by atoms with Crippen LogP contribution in [-0.4, -0.2) is 30.8 Å². The zero-order chi connectivity index (χ0) is 18.0. The van der Waals surface area contributed by atoms with Gasteiger partial charge < -0.3 is 10.4 Å². The maximum atomic E-state index is 11.5. The van der Waals surface area contributed by atoms with E-state index in [0.717, 1.165) is 22.5 Å². The van der Waals surface area contributed by atoms with Crippen LogP contribution < -0.4 is 5.32 Å². The van der Waals surface area contributed by atoms with Gasteiger partial charge in [-0.15, -0.1) is 0 Å². The Morgan fingerprint density at radius 2 is 2.00 bits per heavy atom. The lowest BCUT2D eigenvalue weighted by Gasteiger charge is -2.10. The van der Waals surface area contributed by atoms with E-state index in [1.807, 2.05) is 44.2 Å². The Morgan fingerprint density at radius 3 is 2.64 bits per heavy atom. The molecule has 7 heteroatoms. The standard InChI is InChI=1S/C18H19N5O2/c1-11-7-12(2)23(22-11)18-20-16(9-17(21-18)19-13(3)25)15-6-4-5-14(8-15)10-24/h4-9,24H,10H2,1-3H3,(H,19,20,21,25). The second-order valence-corrected chi connectivity index (χ2v) is 5.82. The van der Waals surface area contributed by atoms with Crippen LogP contribution >= 0.6 is 0 Å². The van der Waals surface area contributed by atoms with Crippen molar-refractivity contribution >= 4 is 11.7 Å². The summed E-state index contributed by atoms with van der Waals surface area (Å²) in [7, 11) is 0. The van der Waals surface area contributed by atoms with Gasteiger partial charge in [0.25, 0.3) is 5.95 Å². The van der Waals surface area contributed by atoms with Crippen molar-refractivity contribution in [1.82, 2.24) is 19.7 Å². The van der Waals surface area contributed by atoms with E-state index >= 15 is 0 Å². The minimum absolute atomic E-state index is 0.0538. The van der Waals surface area contributed by atoms with Crippen LogP contribution in [0.2, 0.25) is 0 Å². The Hall–Kier alpha value is -3.06. The molecule has 128 valence electrons. The molecule has 2 N–H and O–H groups in total. The van der Waals surface area contributed by atoms with Crippen LogP contribution in [0.5, 0.6) is 0 Å². The van der Waals surface area contributed by atoms with Gasteiger partial charge in [-0.2, -0.15) is 10.1 Å². The molecule has 2 heterocycles. The van der Waals surface area contributed by atoms with E-state index in [-0.39, 0.29) is 12.5 Å². The summed E-state index contributed by atoms with van der Waals surface area (Å²) in [5, 5.41) is 16.5. The highest BCUT2D eigenvalue weighted by atomic mass is 16.3. The molecule has 0 aliphatic heterocycles. The normalized spacial score (nSPS) is 10.7. The quantitative estimate of drug-likeness (QED) is 0.762. The number of hydrogen-bond donors (Lipinski definition) is 2. The molecule has 25 heavy (non-hydrogen) atoms. The number of aryl methyl sites for hydroxylation is 2. The van der Waals surface area contributed by atoms with Crippen molar-refractivity contribution in [3.8, 4) is 17.2 Å². The predicted molar refractivity (Wildman–Crippen MR) is 94.3 cm³/mol. The minimum atomic E-state index is -0.215. The molecule has 0 aliphatic rings. The van der Waals surface area contributed by atoms with E-state index in [1.54, 1.807) is 10.7 Å². The number of nitrogens with one attached hydrogen (secondary N) is 1. The van der Waals surface area contributed by atoms with Crippen molar-refractivity contribution in [3.05, 3.63) is 53.3 Å². The molecule has 0 bridgehead atoms. The third-order valence-electron chi connectivity index (χ3n) is 3.62. The number of aromatic nitrogens is 4. The average Bonchev–Trinajstić information content (AvgIpc) is 2.92. The molecular weight excluding hydrogens is 318 g/mol. The topological polar surface area (TPSA) is 92.9 Å². The summed E-state index contributed by atoms with van der Waals surface area (Å²) in [5.74, 6) is 0.559. The first-order chi connectivity index (χ1) is 12.0. The Labute approximate surface area is 145 Å². The van der Waals surface area contributed by atoms with Crippen LogP contribution in [0, 0.1) is 13.8 Å². The molecule has 3 aromatic rings. The first kappa shape index (κ1) is 16.8. The highest BCUT2D eigenvalue weighted by Crippen LogP contribution is 2.23. The van der Waals surface area contributed by atoms with Gasteiger partial charge in [0.2, 0.25) is 5.91 Å². The van der Waals surface area contributed by atoms with E-state index in [0.29, 0.717) is 17.5 Å². The molecule has 0 unspecified atom stereocenters. The molecule has 1 aromatic carbocycles. The smallest absolute Gasteiger partial charge is 0.253 e. The van der Waals surface area contributed by atoms with Crippen molar-refractivity contribution in [2.45, 2.75) is 27.4 Å². The summed E-state index contributed by atoms with van der Waals surface area (Å²) in [5.41, 5.74) is 3.99. The SMILES string of the molecule is CC(=O)Nc1cc(-c2cccc(CO)c2)nc(-n2nc(C)cc2C)n1. The van der Waals surface area contributed by atoms with Gasteiger partial charge in [-0.25, -0.2) is 9.67 Å². The number of nitrogens with zero attached hydrogens (tertiary/aromatic N) is 4. The number of carbonyl (C=O) groups is 1. The van der Waals surface area contributed by atoms with Crippen LogP contribution in [0.3, 0.4) is 0 Å². The molecular formula is C18H19N5O2. The lowest BCUT2D eigenvalue weighted by Crippen LogP contribution is -2.12. The summed E-state index contributed by atoms with van der Waals surface area (Å²) in [6.45, 7) is 5.19. The van der Waals surface area contributed by atoms with Gasteiger partial charge in [0.1, 0.15) is 5.82 Å². The zero-order valence-corrected chi connectivity index (χ0v) is 14.3. The van der Waals surface area contributed by atoms with Crippen LogP contribution in [0.1, 0.15) is 23.9 Å². The van der Waals surface area contributed by atoms with Gasteiger partial charge >= 0.3 is 0 Å². The van der Waals surface area contributed by atoms with Crippen molar-refractivity contribution in [3.63, 3.8) is 0 Å². The lowest BCUT2D eigenvalue weighted by atomic mass is 10.1. The first-order valence-electron chi connectivity index (χ1n) is 7.87. The number of aliphatic hydroxyl groups is 1. The van der Waals surface area contributed by atoms with E-state index in [2.05, 4.69) is 20.4 Å². The molecule has 2 aromatic heterocycles. The van der Waals surface area contributed by atoms with E-state index in [1.165, 1.54) is 6.92 Å². The highest BCUT2D eigenvalue weighted by Gasteiger charge is 2.12. The molecule has 3 rings (SSSR count). The fourth-order valence-electron chi connectivity index (χ4n) is 2.58. The number of rotatable bonds is 4. The minimum Gasteiger partial charge on any atom is -0.392 e. The highest BCUT2D eigenvalue weighted by molar-refractivity contribution is 5.88. The fourth-order valence-corrected chi connectivity index (χ4v) is 2.58. The molecule has 0 saturated heterocycles. The summed E-state index contributed by atoms with van der Waals surface area (Å²) in [6, 6.07) is 11.1. The number of carbonyl (C=O) groups excluding carboxylic acids is 1. The fraction of sp³-hybridized carbons (Fsp3) is 0.222. The van der Waals surface area contributed by atoms with Gasteiger partial charge in [-0.05, 0) is 31.5 Å². The number of aliphatic hydroxyl groups excluding tert-OH is 1. The van der Waals surface area contributed by atoms with Crippen LogP contribution in [0.4, 0.5) is 5.82 Å². The molecule has 0 aliphatic carbocycles. The van der Waals surface area contributed by atoms with Crippen LogP contribution in [0.25, 0.3) is 17.2 Å². The number of benzene rings is 1. The molecule has 0 radical (unpaired) electrons. The monoisotopic (exact) mass is 337 g/mol. The Bertz CT molecular complexity index is 933. The predicted octanol–water partition coefficient (Wildman–Crippen LogP) is 2.40. The maximum Gasteiger partial charge on any atom is 0.253 e. The number of amides is 1. The van der Waals surface area contributed by atoms with Gasteiger partial charge in [0.05, 0.1) is 18.0 Å². The third kappa shape index (κ3) is 3.72.